The van der Waals surface area contributed by atoms with Crippen molar-refractivity contribution in [2.24, 2.45) is 7.05 Å². The number of nitrogens with zero attached hydrogens (tertiary/aromatic N) is 2. The van der Waals surface area contributed by atoms with E-state index in [0.717, 1.165) is 8.95 Å². The first-order valence-electron chi connectivity index (χ1n) is 4.56. The molecule has 0 bridgehead atoms. The van der Waals surface area contributed by atoms with Crippen LogP contribution in [0.5, 0.6) is 0 Å². The predicted molar refractivity (Wildman–Crippen MR) is 68.5 cm³/mol. The number of carbonyl (C=O) groups excluding carboxylic acids is 1. The number of benzene rings is 1. The van der Waals surface area contributed by atoms with Crippen LogP contribution in [0.25, 0.3) is 0 Å². The second-order valence-corrected chi connectivity index (χ2v) is 5.13. The van der Waals surface area contributed by atoms with Crippen LogP contribution in [0.1, 0.15) is 15.9 Å². The summed E-state index contributed by atoms with van der Waals surface area (Å²) >= 11 is 6.72. The average molecular weight is 344 g/mol. The van der Waals surface area contributed by atoms with Gasteiger partial charge in [0, 0.05) is 27.8 Å². The third-order valence-electron chi connectivity index (χ3n) is 2.14. The van der Waals surface area contributed by atoms with Crippen molar-refractivity contribution in [3.63, 3.8) is 0 Å². The Morgan fingerprint density at radius 1 is 1.38 bits per heavy atom. The van der Waals surface area contributed by atoms with Gasteiger partial charge in [-0.2, -0.15) is 5.10 Å². The zero-order chi connectivity index (χ0) is 11.7. The molecule has 0 saturated heterocycles. The fraction of sp³-hybridized carbons (Fsp3) is 0.0909. The Morgan fingerprint density at radius 3 is 2.69 bits per heavy atom. The minimum absolute atomic E-state index is 0.0347. The van der Waals surface area contributed by atoms with Crippen LogP contribution >= 0.6 is 31.9 Å². The first kappa shape index (κ1) is 11.5. The van der Waals surface area contributed by atoms with Crippen LogP contribution in [0.15, 0.2) is 39.5 Å². The fourth-order valence-corrected chi connectivity index (χ4v) is 2.59. The molecule has 0 amide bonds. The van der Waals surface area contributed by atoms with Gasteiger partial charge in [-0.05, 0) is 34.1 Å². The number of carbonyl (C=O) groups is 1. The van der Waals surface area contributed by atoms with Crippen molar-refractivity contribution in [1.29, 1.82) is 0 Å². The Hall–Kier alpha value is -0.940. The number of hydrogen-bond acceptors (Lipinski definition) is 2. The molecule has 2 rings (SSSR count). The van der Waals surface area contributed by atoms with Crippen molar-refractivity contribution in [2.45, 2.75) is 0 Å². The SMILES string of the molecule is Cn1cc(C(=O)c2ccc(Br)cc2Br)cn1. The minimum atomic E-state index is -0.0347. The number of aryl methyl sites for hydroxylation is 1. The molecule has 1 aromatic carbocycles. The normalized spacial score (nSPS) is 10.4. The maximum Gasteiger partial charge on any atom is 0.197 e. The second kappa shape index (κ2) is 4.51. The molecule has 0 unspecified atom stereocenters. The van der Waals surface area contributed by atoms with Crippen molar-refractivity contribution in [1.82, 2.24) is 9.78 Å². The van der Waals surface area contributed by atoms with E-state index in [4.69, 9.17) is 0 Å². The summed E-state index contributed by atoms with van der Waals surface area (Å²) in [6, 6.07) is 5.47. The van der Waals surface area contributed by atoms with Crippen molar-refractivity contribution in [3.8, 4) is 0 Å². The Balaban J connectivity index is 2.41. The van der Waals surface area contributed by atoms with Gasteiger partial charge in [0.05, 0.1) is 11.8 Å². The van der Waals surface area contributed by atoms with Gasteiger partial charge in [0.1, 0.15) is 0 Å². The summed E-state index contributed by atoms with van der Waals surface area (Å²) in [5.41, 5.74) is 1.22. The first-order chi connectivity index (χ1) is 7.58. The number of halogens is 2. The molecule has 5 heteroatoms. The molecule has 0 spiro atoms. The predicted octanol–water partition coefficient (Wildman–Crippen LogP) is 3.18. The zero-order valence-corrected chi connectivity index (χ0v) is 11.6. The lowest BCUT2D eigenvalue weighted by atomic mass is 10.1. The average Bonchev–Trinajstić information content (AvgIpc) is 2.64. The highest BCUT2D eigenvalue weighted by Crippen LogP contribution is 2.24. The first-order valence-corrected chi connectivity index (χ1v) is 6.15. The van der Waals surface area contributed by atoms with E-state index < -0.39 is 0 Å². The largest absolute Gasteiger partial charge is 0.288 e. The van der Waals surface area contributed by atoms with E-state index in [-0.39, 0.29) is 5.78 Å². The van der Waals surface area contributed by atoms with E-state index in [1.165, 1.54) is 0 Å². The van der Waals surface area contributed by atoms with Gasteiger partial charge in [-0.25, -0.2) is 0 Å². The van der Waals surface area contributed by atoms with Gasteiger partial charge in [-0.15, -0.1) is 0 Å². The summed E-state index contributed by atoms with van der Waals surface area (Å²) in [6.07, 6.45) is 3.27. The second-order valence-electron chi connectivity index (χ2n) is 3.36. The number of hydrogen-bond donors (Lipinski definition) is 0. The van der Waals surface area contributed by atoms with E-state index in [1.54, 1.807) is 30.2 Å². The zero-order valence-electron chi connectivity index (χ0n) is 8.45. The van der Waals surface area contributed by atoms with Crippen LogP contribution in [0, 0.1) is 0 Å². The van der Waals surface area contributed by atoms with E-state index in [1.807, 2.05) is 12.1 Å². The standard InChI is InChI=1S/C11H8Br2N2O/c1-15-6-7(5-14-15)11(16)9-3-2-8(12)4-10(9)13/h2-6H,1H3. The van der Waals surface area contributed by atoms with Gasteiger partial charge in [-0.1, -0.05) is 15.9 Å². The molecule has 0 N–H and O–H groups in total. The molecule has 1 aromatic heterocycles. The van der Waals surface area contributed by atoms with Gasteiger partial charge in [0.25, 0.3) is 0 Å². The van der Waals surface area contributed by atoms with Gasteiger partial charge in [0.2, 0.25) is 0 Å². The lowest BCUT2D eigenvalue weighted by Gasteiger charge is -2.02. The third kappa shape index (κ3) is 2.25. The monoisotopic (exact) mass is 342 g/mol. The molecule has 0 atom stereocenters. The highest BCUT2D eigenvalue weighted by molar-refractivity contribution is 9.11. The number of ketones is 1. The molecular weight excluding hydrogens is 336 g/mol. The highest BCUT2D eigenvalue weighted by Gasteiger charge is 2.13. The summed E-state index contributed by atoms with van der Waals surface area (Å²) < 4.78 is 3.32. The van der Waals surface area contributed by atoms with Crippen LogP contribution in [-0.4, -0.2) is 15.6 Å². The molecule has 0 aliphatic rings. The fourth-order valence-electron chi connectivity index (χ4n) is 1.37. The molecular formula is C11H8Br2N2O. The Morgan fingerprint density at radius 2 is 2.12 bits per heavy atom. The molecule has 3 nitrogen and oxygen atoms in total. The number of rotatable bonds is 2. The number of aromatic nitrogens is 2. The molecule has 82 valence electrons. The van der Waals surface area contributed by atoms with Gasteiger partial charge < -0.3 is 0 Å². The van der Waals surface area contributed by atoms with E-state index in [9.17, 15) is 4.79 Å². The van der Waals surface area contributed by atoms with Crippen LogP contribution < -0.4 is 0 Å². The van der Waals surface area contributed by atoms with Gasteiger partial charge in [0.15, 0.2) is 5.78 Å². The minimum Gasteiger partial charge on any atom is -0.288 e. The van der Waals surface area contributed by atoms with Crippen LogP contribution in [-0.2, 0) is 7.05 Å². The quantitative estimate of drug-likeness (QED) is 0.785. The molecule has 0 radical (unpaired) electrons. The summed E-state index contributed by atoms with van der Waals surface area (Å²) in [4.78, 5) is 12.1. The molecule has 0 aliphatic heterocycles. The highest BCUT2D eigenvalue weighted by atomic mass is 79.9. The van der Waals surface area contributed by atoms with Crippen molar-refractivity contribution >= 4 is 37.6 Å². The summed E-state index contributed by atoms with van der Waals surface area (Å²) in [6.45, 7) is 0. The Kier molecular flexibility index (Phi) is 3.25. The molecule has 0 fully saturated rings. The molecule has 0 aliphatic carbocycles. The maximum absolute atomic E-state index is 12.1. The summed E-state index contributed by atoms with van der Waals surface area (Å²) in [5, 5.41) is 3.98. The van der Waals surface area contributed by atoms with Crippen LogP contribution in [0.2, 0.25) is 0 Å². The lowest BCUT2D eigenvalue weighted by molar-refractivity contribution is 0.103. The van der Waals surface area contributed by atoms with Gasteiger partial charge >= 0.3 is 0 Å². The summed E-state index contributed by atoms with van der Waals surface area (Å²) in [7, 11) is 1.79. The third-order valence-corrected chi connectivity index (χ3v) is 3.29. The molecule has 16 heavy (non-hydrogen) atoms. The van der Waals surface area contributed by atoms with Crippen molar-refractivity contribution in [2.75, 3.05) is 0 Å². The molecule has 2 aromatic rings. The Labute approximate surface area is 110 Å². The van der Waals surface area contributed by atoms with E-state index in [0.29, 0.717) is 11.1 Å². The van der Waals surface area contributed by atoms with Crippen molar-refractivity contribution in [3.05, 3.63) is 50.7 Å². The maximum atomic E-state index is 12.1. The topological polar surface area (TPSA) is 34.9 Å². The smallest absolute Gasteiger partial charge is 0.197 e. The van der Waals surface area contributed by atoms with E-state index >= 15 is 0 Å². The Bertz CT molecular complexity index is 549. The van der Waals surface area contributed by atoms with Crippen LogP contribution in [0.4, 0.5) is 0 Å². The lowest BCUT2D eigenvalue weighted by Crippen LogP contribution is -2.01. The van der Waals surface area contributed by atoms with Crippen LogP contribution in [0.3, 0.4) is 0 Å². The molecule has 0 saturated carbocycles. The van der Waals surface area contributed by atoms with E-state index in [2.05, 4.69) is 37.0 Å². The van der Waals surface area contributed by atoms with Crippen molar-refractivity contribution < 1.29 is 4.79 Å². The van der Waals surface area contributed by atoms with Gasteiger partial charge in [-0.3, -0.25) is 9.48 Å². The molecule has 1 heterocycles. The summed E-state index contributed by atoms with van der Waals surface area (Å²) in [5.74, 6) is -0.0347.